The lowest BCUT2D eigenvalue weighted by atomic mass is 9.98. The molecule has 0 radical (unpaired) electrons. The van der Waals surface area contributed by atoms with Crippen molar-refractivity contribution in [3.63, 3.8) is 0 Å². The minimum absolute atomic E-state index is 0.0729. The molecule has 2 atom stereocenters. The maximum absolute atomic E-state index is 12.1. The van der Waals surface area contributed by atoms with Crippen LogP contribution in [0.3, 0.4) is 0 Å². The second-order valence-corrected chi connectivity index (χ2v) is 6.23. The molecule has 26 heavy (non-hydrogen) atoms. The van der Waals surface area contributed by atoms with E-state index in [0.717, 1.165) is 22.3 Å². The molecule has 2 N–H and O–H groups in total. The Bertz CT molecular complexity index is 774. The van der Waals surface area contributed by atoms with Gasteiger partial charge in [-0.25, -0.2) is 9.59 Å². The van der Waals surface area contributed by atoms with Crippen molar-refractivity contribution in [2.75, 3.05) is 13.7 Å². The van der Waals surface area contributed by atoms with E-state index in [1.807, 2.05) is 36.4 Å². The van der Waals surface area contributed by atoms with E-state index in [0.29, 0.717) is 0 Å². The second-order valence-electron chi connectivity index (χ2n) is 6.23. The maximum Gasteiger partial charge on any atom is 0.407 e. The number of amides is 1. The molecule has 0 saturated heterocycles. The first-order valence-corrected chi connectivity index (χ1v) is 8.40. The van der Waals surface area contributed by atoms with Gasteiger partial charge in [0.05, 0.1) is 6.10 Å². The zero-order valence-corrected chi connectivity index (χ0v) is 14.6. The fourth-order valence-electron chi connectivity index (χ4n) is 3.28. The third-order valence-electron chi connectivity index (χ3n) is 4.72. The van der Waals surface area contributed by atoms with Crippen molar-refractivity contribution in [3.8, 4) is 11.1 Å². The number of carbonyl (C=O) groups excluding carboxylic acids is 1. The lowest BCUT2D eigenvalue weighted by Crippen LogP contribution is -2.48. The molecular formula is C20H21NO5. The highest BCUT2D eigenvalue weighted by molar-refractivity contribution is 5.81. The average molecular weight is 355 g/mol. The number of carbonyl (C=O) groups is 2. The Balaban J connectivity index is 1.72. The van der Waals surface area contributed by atoms with Crippen molar-refractivity contribution in [1.82, 2.24) is 5.32 Å². The largest absolute Gasteiger partial charge is 0.480 e. The van der Waals surface area contributed by atoms with E-state index < -0.39 is 24.2 Å². The molecule has 1 aliphatic rings. The van der Waals surface area contributed by atoms with Gasteiger partial charge in [0.2, 0.25) is 0 Å². The number of aliphatic carboxylic acids is 1. The standard InChI is InChI=1S/C20H21NO5/c1-12(25-2)18(19(22)23)21-20(24)26-11-17-15-9-5-3-7-13(15)14-8-4-6-10-16(14)17/h3-10,12,17-18H,11H2,1-2H3,(H,21,24)(H,22,23). The SMILES string of the molecule is COC(C)C(NC(=O)OCC1c2ccccc2-c2ccccc21)C(=O)O. The van der Waals surface area contributed by atoms with E-state index in [9.17, 15) is 14.7 Å². The number of hydrogen-bond acceptors (Lipinski definition) is 4. The van der Waals surface area contributed by atoms with Gasteiger partial charge in [-0.05, 0) is 29.2 Å². The van der Waals surface area contributed by atoms with E-state index in [4.69, 9.17) is 9.47 Å². The van der Waals surface area contributed by atoms with Crippen molar-refractivity contribution in [3.05, 3.63) is 59.7 Å². The third kappa shape index (κ3) is 3.41. The van der Waals surface area contributed by atoms with Crippen LogP contribution in [0.4, 0.5) is 4.79 Å². The Labute approximate surface area is 151 Å². The Morgan fingerprint density at radius 1 is 1.08 bits per heavy atom. The molecule has 0 spiro atoms. The van der Waals surface area contributed by atoms with E-state index in [1.54, 1.807) is 6.92 Å². The molecule has 0 aromatic heterocycles. The third-order valence-corrected chi connectivity index (χ3v) is 4.72. The van der Waals surface area contributed by atoms with Crippen LogP contribution in [0.2, 0.25) is 0 Å². The van der Waals surface area contributed by atoms with Crippen LogP contribution in [-0.2, 0) is 14.3 Å². The van der Waals surface area contributed by atoms with Crippen LogP contribution in [0.5, 0.6) is 0 Å². The molecule has 6 nitrogen and oxygen atoms in total. The molecule has 0 bridgehead atoms. The fourth-order valence-corrected chi connectivity index (χ4v) is 3.28. The summed E-state index contributed by atoms with van der Waals surface area (Å²) in [5, 5.41) is 11.6. The molecule has 2 unspecified atom stereocenters. The van der Waals surface area contributed by atoms with Gasteiger partial charge in [0.1, 0.15) is 6.61 Å². The Kier molecular flexibility index (Phi) is 5.23. The van der Waals surface area contributed by atoms with Gasteiger partial charge in [-0.3, -0.25) is 0 Å². The molecule has 2 aromatic rings. The first-order valence-electron chi connectivity index (χ1n) is 8.40. The number of carboxylic acid groups (broad SMARTS) is 1. The van der Waals surface area contributed by atoms with Crippen molar-refractivity contribution in [1.29, 1.82) is 0 Å². The van der Waals surface area contributed by atoms with E-state index in [-0.39, 0.29) is 12.5 Å². The number of rotatable bonds is 6. The molecule has 0 aliphatic heterocycles. The summed E-state index contributed by atoms with van der Waals surface area (Å²) in [7, 11) is 1.39. The molecule has 2 aromatic carbocycles. The monoisotopic (exact) mass is 355 g/mol. The molecule has 0 saturated carbocycles. The summed E-state index contributed by atoms with van der Waals surface area (Å²) < 4.78 is 10.3. The van der Waals surface area contributed by atoms with Crippen LogP contribution >= 0.6 is 0 Å². The first kappa shape index (κ1) is 17.9. The summed E-state index contributed by atoms with van der Waals surface area (Å²) in [6.45, 7) is 1.70. The van der Waals surface area contributed by atoms with E-state index in [2.05, 4.69) is 17.4 Å². The second kappa shape index (κ2) is 7.58. The zero-order valence-electron chi connectivity index (χ0n) is 14.6. The predicted molar refractivity (Wildman–Crippen MR) is 96.1 cm³/mol. The molecule has 136 valence electrons. The zero-order chi connectivity index (χ0) is 18.7. The van der Waals surface area contributed by atoms with Crippen LogP contribution in [0.15, 0.2) is 48.5 Å². The number of methoxy groups -OCH3 is 1. The molecule has 0 heterocycles. The number of fused-ring (bicyclic) bond motifs is 3. The molecule has 0 fully saturated rings. The number of hydrogen-bond donors (Lipinski definition) is 2. The predicted octanol–water partition coefficient (Wildman–Crippen LogP) is 3.01. The van der Waals surface area contributed by atoms with Gasteiger partial charge in [0.15, 0.2) is 6.04 Å². The number of benzene rings is 2. The molecule has 6 heteroatoms. The van der Waals surface area contributed by atoms with Crippen molar-refractivity contribution < 1.29 is 24.2 Å². The van der Waals surface area contributed by atoms with Crippen LogP contribution < -0.4 is 5.32 Å². The molecule has 1 amide bonds. The molecular weight excluding hydrogens is 334 g/mol. The van der Waals surface area contributed by atoms with E-state index in [1.165, 1.54) is 7.11 Å². The number of ether oxygens (including phenoxy) is 2. The van der Waals surface area contributed by atoms with Gasteiger partial charge in [-0.1, -0.05) is 48.5 Å². The number of carboxylic acids is 1. The maximum atomic E-state index is 12.1. The summed E-state index contributed by atoms with van der Waals surface area (Å²) in [4.78, 5) is 23.4. The number of alkyl carbamates (subject to hydrolysis) is 1. The lowest BCUT2D eigenvalue weighted by molar-refractivity contribution is -0.142. The average Bonchev–Trinajstić information content (AvgIpc) is 2.97. The minimum Gasteiger partial charge on any atom is -0.480 e. The fraction of sp³-hybridized carbons (Fsp3) is 0.300. The summed E-state index contributed by atoms with van der Waals surface area (Å²) in [6, 6.07) is 14.9. The highest BCUT2D eigenvalue weighted by atomic mass is 16.5. The van der Waals surface area contributed by atoms with Crippen molar-refractivity contribution in [2.24, 2.45) is 0 Å². The van der Waals surface area contributed by atoms with Gasteiger partial charge in [0.25, 0.3) is 0 Å². The Hall–Kier alpha value is -2.86. The van der Waals surface area contributed by atoms with Crippen molar-refractivity contribution >= 4 is 12.1 Å². The van der Waals surface area contributed by atoms with Gasteiger partial charge in [-0.2, -0.15) is 0 Å². The Morgan fingerprint density at radius 3 is 2.12 bits per heavy atom. The van der Waals surface area contributed by atoms with Crippen LogP contribution in [0, 0.1) is 0 Å². The summed E-state index contributed by atoms with van der Waals surface area (Å²) in [6.07, 6.45) is -1.45. The summed E-state index contributed by atoms with van der Waals surface area (Å²) >= 11 is 0. The number of nitrogens with one attached hydrogen (secondary N) is 1. The van der Waals surface area contributed by atoms with Gasteiger partial charge in [0, 0.05) is 13.0 Å². The van der Waals surface area contributed by atoms with Crippen molar-refractivity contribution in [2.45, 2.75) is 25.0 Å². The molecule has 1 aliphatic carbocycles. The highest BCUT2D eigenvalue weighted by Gasteiger charge is 2.31. The topological polar surface area (TPSA) is 84.9 Å². The van der Waals surface area contributed by atoms with Gasteiger partial charge in [-0.15, -0.1) is 0 Å². The van der Waals surface area contributed by atoms with E-state index >= 15 is 0 Å². The highest BCUT2D eigenvalue weighted by Crippen LogP contribution is 2.44. The first-order chi connectivity index (χ1) is 12.5. The van der Waals surface area contributed by atoms with Crippen LogP contribution in [0.1, 0.15) is 24.0 Å². The summed E-state index contributed by atoms with van der Waals surface area (Å²) in [5.74, 6) is -1.25. The normalized spacial score (nSPS) is 14.8. The lowest BCUT2D eigenvalue weighted by Gasteiger charge is -2.21. The van der Waals surface area contributed by atoms with Crippen LogP contribution in [0.25, 0.3) is 11.1 Å². The molecule has 3 rings (SSSR count). The van der Waals surface area contributed by atoms with Gasteiger partial charge < -0.3 is 19.9 Å². The van der Waals surface area contributed by atoms with Gasteiger partial charge >= 0.3 is 12.1 Å². The quantitative estimate of drug-likeness (QED) is 0.832. The van der Waals surface area contributed by atoms with Crippen LogP contribution in [-0.4, -0.2) is 43.0 Å². The Morgan fingerprint density at radius 2 is 1.62 bits per heavy atom. The summed E-state index contributed by atoms with van der Waals surface area (Å²) in [5.41, 5.74) is 4.46. The minimum atomic E-state index is -1.17. The smallest absolute Gasteiger partial charge is 0.407 e.